The highest BCUT2D eigenvalue weighted by molar-refractivity contribution is 7.09. The fourth-order valence-electron chi connectivity index (χ4n) is 1.88. The Balaban J connectivity index is 1.88. The number of nitrogens with two attached hydrogens (primary N) is 1. The molecular formula is C16H17FN2OS. The van der Waals surface area contributed by atoms with Crippen LogP contribution in [0.1, 0.15) is 21.7 Å². The first-order chi connectivity index (χ1) is 10.2. The summed E-state index contributed by atoms with van der Waals surface area (Å²) in [7, 11) is 0. The van der Waals surface area contributed by atoms with Crippen LogP contribution in [0, 0.1) is 24.6 Å². The summed E-state index contributed by atoms with van der Waals surface area (Å²) in [4.78, 5) is 5.42. The maximum Gasteiger partial charge on any atom is 0.124 e. The molecule has 0 bridgehead atoms. The Morgan fingerprint density at radius 3 is 2.95 bits per heavy atom. The van der Waals surface area contributed by atoms with Crippen LogP contribution in [-0.4, -0.2) is 18.1 Å². The maximum atomic E-state index is 13.5. The molecule has 21 heavy (non-hydrogen) atoms. The molecule has 0 spiro atoms. The Kier molecular flexibility index (Phi) is 5.88. The predicted octanol–water partition coefficient (Wildman–Crippen LogP) is 2.66. The van der Waals surface area contributed by atoms with Gasteiger partial charge in [-0.1, -0.05) is 11.8 Å². The normalized spacial score (nSPS) is 10.2. The van der Waals surface area contributed by atoms with Gasteiger partial charge in [0.25, 0.3) is 0 Å². The van der Waals surface area contributed by atoms with Crippen LogP contribution in [0.15, 0.2) is 23.7 Å². The molecule has 0 aliphatic carbocycles. The van der Waals surface area contributed by atoms with Gasteiger partial charge in [0.05, 0.1) is 31.0 Å². The van der Waals surface area contributed by atoms with Crippen molar-refractivity contribution < 1.29 is 9.13 Å². The summed E-state index contributed by atoms with van der Waals surface area (Å²) in [5, 5.41) is 0. The second kappa shape index (κ2) is 7.89. The van der Waals surface area contributed by atoms with Gasteiger partial charge in [-0.15, -0.1) is 11.3 Å². The van der Waals surface area contributed by atoms with Crippen LogP contribution in [-0.2, 0) is 17.8 Å². The molecule has 2 aromatic rings. The molecular weight excluding hydrogens is 287 g/mol. The lowest BCUT2D eigenvalue weighted by molar-refractivity contribution is 0.124. The van der Waals surface area contributed by atoms with Gasteiger partial charge in [0.15, 0.2) is 0 Å². The van der Waals surface area contributed by atoms with E-state index in [-0.39, 0.29) is 12.4 Å². The molecule has 0 saturated carbocycles. The average molecular weight is 304 g/mol. The van der Waals surface area contributed by atoms with E-state index >= 15 is 0 Å². The summed E-state index contributed by atoms with van der Waals surface area (Å²) in [6.07, 6.45) is 0.825. The molecule has 0 saturated heterocycles. The predicted molar refractivity (Wildman–Crippen MR) is 82.5 cm³/mol. The molecule has 1 heterocycles. The molecule has 1 aromatic heterocycles. The molecule has 0 aliphatic rings. The van der Waals surface area contributed by atoms with Crippen molar-refractivity contribution in [3.8, 4) is 11.8 Å². The molecule has 0 atom stereocenters. The Labute approximate surface area is 128 Å². The highest BCUT2D eigenvalue weighted by atomic mass is 32.1. The Morgan fingerprint density at radius 2 is 2.24 bits per heavy atom. The quantitative estimate of drug-likeness (QED) is 0.682. The van der Waals surface area contributed by atoms with Crippen molar-refractivity contribution in [1.82, 2.24) is 4.98 Å². The third-order valence-electron chi connectivity index (χ3n) is 2.88. The minimum Gasteiger partial charge on any atom is -0.376 e. The van der Waals surface area contributed by atoms with E-state index in [4.69, 9.17) is 10.5 Å². The summed E-state index contributed by atoms with van der Waals surface area (Å²) < 4.78 is 19.1. The van der Waals surface area contributed by atoms with Crippen molar-refractivity contribution in [3.05, 3.63) is 51.2 Å². The van der Waals surface area contributed by atoms with Crippen LogP contribution in [0.2, 0.25) is 0 Å². The zero-order chi connectivity index (χ0) is 15.1. The molecule has 0 unspecified atom stereocenters. The number of thiazole rings is 1. The van der Waals surface area contributed by atoms with Gasteiger partial charge in [0, 0.05) is 16.9 Å². The van der Waals surface area contributed by atoms with E-state index in [1.165, 1.54) is 17.0 Å². The molecule has 110 valence electrons. The van der Waals surface area contributed by atoms with Crippen LogP contribution < -0.4 is 5.73 Å². The Bertz CT molecular complexity index is 658. The number of benzene rings is 1. The molecule has 2 rings (SSSR count). The minimum absolute atomic E-state index is 0.260. The summed E-state index contributed by atoms with van der Waals surface area (Å²) in [5.74, 6) is 5.23. The fraction of sp³-hybridized carbons (Fsp3) is 0.312. The van der Waals surface area contributed by atoms with Crippen LogP contribution in [0.3, 0.4) is 0 Å². The second-order valence-corrected chi connectivity index (χ2v) is 5.46. The van der Waals surface area contributed by atoms with Crippen LogP contribution in [0.25, 0.3) is 0 Å². The van der Waals surface area contributed by atoms with E-state index in [1.54, 1.807) is 11.3 Å². The first-order valence-electron chi connectivity index (χ1n) is 6.64. The SMILES string of the molecule is Cc1ncsc1CCOCc1cc(F)cc(C#CCN)c1. The summed E-state index contributed by atoms with van der Waals surface area (Å²) in [5.41, 5.74) is 9.59. The van der Waals surface area contributed by atoms with Crippen molar-refractivity contribution in [1.29, 1.82) is 0 Å². The van der Waals surface area contributed by atoms with Crippen LogP contribution >= 0.6 is 11.3 Å². The van der Waals surface area contributed by atoms with Gasteiger partial charge in [0.1, 0.15) is 5.82 Å². The molecule has 1 aromatic carbocycles. The molecule has 0 aliphatic heterocycles. The number of nitrogens with zero attached hydrogens (tertiary/aromatic N) is 1. The van der Waals surface area contributed by atoms with Crippen molar-refractivity contribution >= 4 is 11.3 Å². The topological polar surface area (TPSA) is 48.1 Å². The zero-order valence-corrected chi connectivity index (χ0v) is 12.7. The van der Waals surface area contributed by atoms with Crippen LogP contribution in [0.4, 0.5) is 4.39 Å². The van der Waals surface area contributed by atoms with Gasteiger partial charge in [-0.2, -0.15) is 0 Å². The molecule has 5 heteroatoms. The lowest BCUT2D eigenvalue weighted by Gasteiger charge is -2.05. The first kappa shape index (κ1) is 15.6. The zero-order valence-electron chi connectivity index (χ0n) is 11.9. The Hall–Kier alpha value is -1.74. The van der Waals surface area contributed by atoms with Gasteiger partial charge in [-0.3, -0.25) is 0 Å². The average Bonchev–Trinajstić information content (AvgIpc) is 2.86. The molecule has 0 radical (unpaired) electrons. The number of aryl methyl sites for hydroxylation is 1. The Morgan fingerprint density at radius 1 is 1.38 bits per heavy atom. The monoisotopic (exact) mass is 304 g/mol. The van der Waals surface area contributed by atoms with E-state index in [9.17, 15) is 4.39 Å². The standard InChI is InChI=1S/C16H17FN2OS/c1-12-16(21-11-19-12)4-6-20-10-14-7-13(3-2-5-18)8-15(17)9-14/h7-9,11H,4-6,10,18H2,1H3. The van der Waals surface area contributed by atoms with E-state index in [0.717, 1.165) is 17.7 Å². The van der Waals surface area contributed by atoms with E-state index in [2.05, 4.69) is 16.8 Å². The fourth-order valence-corrected chi connectivity index (χ4v) is 2.64. The van der Waals surface area contributed by atoms with Crippen molar-refractivity contribution in [2.75, 3.05) is 13.2 Å². The smallest absolute Gasteiger partial charge is 0.124 e. The highest BCUT2D eigenvalue weighted by Crippen LogP contribution is 2.14. The van der Waals surface area contributed by atoms with Gasteiger partial charge in [0.2, 0.25) is 0 Å². The number of ether oxygens (including phenoxy) is 1. The van der Waals surface area contributed by atoms with Gasteiger partial charge < -0.3 is 10.5 Å². The second-order valence-electron chi connectivity index (χ2n) is 4.52. The number of rotatable bonds is 5. The molecule has 3 nitrogen and oxygen atoms in total. The highest BCUT2D eigenvalue weighted by Gasteiger charge is 2.03. The van der Waals surface area contributed by atoms with E-state index < -0.39 is 0 Å². The van der Waals surface area contributed by atoms with E-state index in [0.29, 0.717) is 18.8 Å². The minimum atomic E-state index is -0.310. The van der Waals surface area contributed by atoms with Gasteiger partial charge >= 0.3 is 0 Å². The van der Waals surface area contributed by atoms with Gasteiger partial charge in [-0.05, 0) is 30.7 Å². The lowest BCUT2D eigenvalue weighted by atomic mass is 10.1. The lowest BCUT2D eigenvalue weighted by Crippen LogP contribution is -2.00. The van der Waals surface area contributed by atoms with E-state index in [1.807, 2.05) is 18.5 Å². The summed E-state index contributed by atoms with van der Waals surface area (Å²) >= 11 is 1.63. The summed E-state index contributed by atoms with van der Waals surface area (Å²) in [6, 6.07) is 4.68. The number of hydrogen-bond donors (Lipinski definition) is 1. The van der Waals surface area contributed by atoms with Crippen molar-refractivity contribution in [3.63, 3.8) is 0 Å². The van der Waals surface area contributed by atoms with Gasteiger partial charge in [-0.25, -0.2) is 9.37 Å². The van der Waals surface area contributed by atoms with Crippen molar-refractivity contribution in [2.24, 2.45) is 5.73 Å². The molecule has 2 N–H and O–H groups in total. The molecule has 0 fully saturated rings. The maximum absolute atomic E-state index is 13.5. The third-order valence-corrected chi connectivity index (χ3v) is 3.87. The first-order valence-corrected chi connectivity index (χ1v) is 7.52. The number of hydrogen-bond acceptors (Lipinski definition) is 4. The number of aromatic nitrogens is 1. The third kappa shape index (κ3) is 4.94. The van der Waals surface area contributed by atoms with Crippen molar-refractivity contribution in [2.45, 2.75) is 20.0 Å². The largest absolute Gasteiger partial charge is 0.376 e. The molecule has 0 amide bonds. The van der Waals surface area contributed by atoms with Crippen LogP contribution in [0.5, 0.6) is 0 Å². The summed E-state index contributed by atoms with van der Waals surface area (Å²) in [6.45, 7) is 3.20. The number of halogens is 1.